The molecule has 4 nitrogen and oxygen atoms in total. The number of hydrogen-bond acceptors (Lipinski definition) is 4. The standard InChI is InChI=1S/C45H90O4Si3/c1-30(2)38-20-16-34(9)26-42(38)50(24-25-51(46-13,47-14)48-15)49-52(43-27-35(10)17-21-39(43)31(3)4,44-28-36(11)18-22-40(44)32(5)6)45-29-37(12)19-23-41(45)33(7)8/h30-45,50H,16-29H2,1-15H3. The van der Waals surface area contributed by atoms with E-state index in [1.165, 1.54) is 77.0 Å². The van der Waals surface area contributed by atoms with Gasteiger partial charge in [-0.25, -0.2) is 0 Å². The van der Waals surface area contributed by atoms with Gasteiger partial charge in [-0.2, -0.15) is 0 Å². The molecule has 0 aromatic carbocycles. The van der Waals surface area contributed by atoms with Crippen molar-refractivity contribution in [1.82, 2.24) is 0 Å². The van der Waals surface area contributed by atoms with E-state index in [4.69, 9.17) is 13.3 Å². The van der Waals surface area contributed by atoms with Crippen molar-refractivity contribution < 1.29 is 17.4 Å². The monoisotopic (exact) mass is 779 g/mol. The highest BCUT2D eigenvalue weighted by Gasteiger charge is 2.64. The maximum atomic E-state index is 9.17. The zero-order chi connectivity index (χ0) is 38.5. The summed E-state index contributed by atoms with van der Waals surface area (Å²) in [7, 11) is -1.59. The van der Waals surface area contributed by atoms with Crippen LogP contribution >= 0.6 is 0 Å². The summed E-state index contributed by atoms with van der Waals surface area (Å²) in [4.78, 5) is 0. The van der Waals surface area contributed by atoms with E-state index in [1.807, 2.05) is 21.3 Å². The molecule has 7 heteroatoms. The minimum absolute atomic E-state index is 0.704. The van der Waals surface area contributed by atoms with Crippen molar-refractivity contribution in [2.75, 3.05) is 21.3 Å². The van der Waals surface area contributed by atoms with Gasteiger partial charge in [0.05, 0.1) is 0 Å². The topological polar surface area (TPSA) is 36.9 Å². The van der Waals surface area contributed by atoms with Crippen LogP contribution in [0.15, 0.2) is 0 Å². The predicted molar refractivity (Wildman–Crippen MR) is 231 cm³/mol. The third kappa shape index (κ3) is 10.1. The van der Waals surface area contributed by atoms with Crippen molar-refractivity contribution in [2.24, 2.45) is 71.0 Å². The fourth-order valence-corrected chi connectivity index (χ4v) is 32.5. The quantitative estimate of drug-likeness (QED) is 0.146. The Balaban J connectivity index is 2.06. The van der Waals surface area contributed by atoms with Crippen molar-refractivity contribution in [2.45, 2.75) is 194 Å². The lowest BCUT2D eigenvalue weighted by Gasteiger charge is -2.62. The second-order valence-corrected chi connectivity index (χ2v) is 31.6. The first-order chi connectivity index (χ1) is 24.5. The molecule has 0 heterocycles. The first-order valence-electron chi connectivity index (χ1n) is 22.9. The van der Waals surface area contributed by atoms with Crippen LogP contribution in [0.5, 0.6) is 0 Å². The summed E-state index contributed by atoms with van der Waals surface area (Å²) in [5.74, 6) is 9.23. The molecule has 0 bridgehead atoms. The minimum Gasteiger partial charge on any atom is -0.457 e. The van der Waals surface area contributed by atoms with Gasteiger partial charge in [0.15, 0.2) is 17.4 Å². The van der Waals surface area contributed by atoms with E-state index in [2.05, 4.69) is 83.1 Å². The van der Waals surface area contributed by atoms with Gasteiger partial charge in [-0.3, -0.25) is 0 Å². The molecule has 13 unspecified atom stereocenters. The van der Waals surface area contributed by atoms with Crippen LogP contribution in [0, 0.1) is 71.0 Å². The van der Waals surface area contributed by atoms with E-state index in [-0.39, 0.29) is 0 Å². The molecule has 4 aliphatic carbocycles. The Labute approximate surface area is 329 Å². The highest BCUT2D eigenvalue weighted by atomic mass is 28.4. The molecule has 0 N–H and O–H groups in total. The Morgan fingerprint density at radius 3 is 1.13 bits per heavy atom. The van der Waals surface area contributed by atoms with Crippen molar-refractivity contribution in [1.29, 1.82) is 0 Å². The van der Waals surface area contributed by atoms with Crippen molar-refractivity contribution in [3.63, 3.8) is 0 Å². The molecule has 306 valence electrons. The normalized spacial score (nSPS) is 38.6. The molecule has 0 radical (unpaired) electrons. The predicted octanol–water partition coefficient (Wildman–Crippen LogP) is 13.4. The molecule has 0 aromatic heterocycles. The molecule has 13 atom stereocenters. The van der Waals surface area contributed by atoms with E-state index in [0.29, 0.717) is 5.92 Å². The molecule has 0 aliphatic heterocycles. The smallest absolute Gasteiger partial charge is 0.457 e. The highest BCUT2D eigenvalue weighted by molar-refractivity contribution is 6.84. The van der Waals surface area contributed by atoms with Gasteiger partial charge in [0.25, 0.3) is 0 Å². The van der Waals surface area contributed by atoms with Crippen LogP contribution in [0.3, 0.4) is 0 Å². The van der Waals surface area contributed by atoms with Gasteiger partial charge in [0.1, 0.15) is 0 Å². The molecule has 0 saturated heterocycles. The van der Waals surface area contributed by atoms with Crippen molar-refractivity contribution >= 4 is 26.2 Å². The zero-order valence-corrected chi connectivity index (χ0v) is 40.5. The SMILES string of the molecule is CO[Si](CC[SiH](O[Si](C1CC(C)CCC1C(C)C)(C1CC(C)CCC1C(C)C)C1CC(C)CCC1C(C)C)C1CC(C)CCC1C(C)C)(OC)OC. The molecule has 52 heavy (non-hydrogen) atoms. The average molecular weight is 779 g/mol. The Hall–Kier alpha value is 0.491. The molecule has 0 amide bonds. The van der Waals surface area contributed by atoms with Gasteiger partial charge in [-0.1, -0.05) is 109 Å². The summed E-state index contributed by atoms with van der Waals surface area (Å²) in [5, 5.41) is 0. The van der Waals surface area contributed by atoms with Crippen LogP contribution in [0.4, 0.5) is 0 Å². The van der Waals surface area contributed by atoms with Crippen LogP contribution in [-0.4, -0.2) is 47.5 Å². The van der Waals surface area contributed by atoms with Gasteiger partial charge in [-0.05, 0) is 151 Å². The Morgan fingerprint density at radius 2 is 0.808 bits per heavy atom. The molecule has 0 aromatic rings. The fourth-order valence-electron chi connectivity index (χ4n) is 13.5. The summed E-state index contributed by atoms with van der Waals surface area (Å²) in [6.45, 7) is 31.1. The first kappa shape index (κ1) is 45.2. The lowest BCUT2D eigenvalue weighted by Crippen LogP contribution is -2.64. The first-order valence-corrected chi connectivity index (χ1v) is 28.9. The van der Waals surface area contributed by atoms with E-state index >= 15 is 0 Å². The maximum Gasteiger partial charge on any atom is 0.499 e. The Kier molecular flexibility index (Phi) is 17.2. The molecular weight excluding hydrogens is 689 g/mol. The van der Waals surface area contributed by atoms with E-state index < -0.39 is 26.2 Å². The molecule has 4 rings (SSSR count). The van der Waals surface area contributed by atoms with Crippen molar-refractivity contribution in [3.8, 4) is 0 Å². The van der Waals surface area contributed by atoms with Gasteiger partial charge in [-0.15, -0.1) is 0 Å². The third-order valence-electron chi connectivity index (χ3n) is 16.4. The molecule has 4 aliphatic rings. The van der Waals surface area contributed by atoms with Crippen LogP contribution in [0.25, 0.3) is 0 Å². The summed E-state index contributed by atoms with van der Waals surface area (Å²) in [6.07, 6.45) is 16.9. The van der Waals surface area contributed by atoms with Gasteiger partial charge in [0.2, 0.25) is 0 Å². The summed E-state index contributed by atoms with van der Waals surface area (Å²) in [6, 6.07) is 2.06. The van der Waals surface area contributed by atoms with Crippen LogP contribution in [0.2, 0.25) is 34.3 Å². The Bertz CT molecular complexity index is 960. The van der Waals surface area contributed by atoms with E-state index in [1.54, 1.807) is 0 Å². The lowest BCUT2D eigenvalue weighted by molar-refractivity contribution is 0.124. The molecule has 0 spiro atoms. The highest BCUT2D eigenvalue weighted by Crippen LogP contribution is 2.66. The minimum atomic E-state index is -2.76. The number of hydrogen-bond donors (Lipinski definition) is 0. The largest absolute Gasteiger partial charge is 0.499 e. The van der Waals surface area contributed by atoms with Gasteiger partial charge < -0.3 is 17.4 Å². The van der Waals surface area contributed by atoms with Crippen molar-refractivity contribution in [3.05, 3.63) is 0 Å². The summed E-state index contributed by atoms with van der Waals surface area (Å²) < 4.78 is 27.8. The Morgan fingerprint density at radius 1 is 0.481 bits per heavy atom. The summed E-state index contributed by atoms with van der Waals surface area (Å²) in [5.41, 5.74) is 3.04. The lowest BCUT2D eigenvalue weighted by atomic mass is 9.75. The number of rotatable bonds is 16. The summed E-state index contributed by atoms with van der Waals surface area (Å²) >= 11 is 0. The third-order valence-corrected chi connectivity index (χ3v) is 30.6. The average Bonchev–Trinajstić information content (AvgIpc) is 3.09. The second-order valence-electron chi connectivity index (χ2n) is 21.1. The second kappa shape index (κ2) is 19.8. The van der Waals surface area contributed by atoms with Gasteiger partial charge >= 0.3 is 8.80 Å². The molecule has 4 fully saturated rings. The van der Waals surface area contributed by atoms with Crippen LogP contribution in [0.1, 0.15) is 160 Å². The molecule has 4 saturated carbocycles. The van der Waals surface area contributed by atoms with E-state index in [0.717, 1.165) is 99.3 Å². The maximum absolute atomic E-state index is 9.17. The van der Waals surface area contributed by atoms with E-state index in [9.17, 15) is 4.12 Å². The van der Waals surface area contributed by atoms with Gasteiger partial charge in [0, 0.05) is 27.4 Å². The zero-order valence-electron chi connectivity index (χ0n) is 37.3. The van der Waals surface area contributed by atoms with Crippen LogP contribution < -0.4 is 0 Å². The molecular formula is C45H90O4Si3. The van der Waals surface area contributed by atoms with Crippen LogP contribution in [-0.2, 0) is 17.4 Å². The fraction of sp³-hybridized carbons (Fsp3) is 1.00.